The fourth-order valence-electron chi connectivity index (χ4n) is 7.99. The molecule has 0 bridgehead atoms. The molecule has 2 unspecified atom stereocenters. The number of nitrogens with one attached hydrogen (secondary N) is 2. The van der Waals surface area contributed by atoms with Crippen molar-refractivity contribution < 1.29 is 18.7 Å². The first kappa shape index (κ1) is 36.0. The molecule has 3 fully saturated rings. The third-order valence-corrected chi connectivity index (χ3v) is 11.3. The minimum absolute atomic E-state index is 0.148. The molecule has 2 aromatic carbocycles. The number of likely N-dealkylation sites (N-methyl/N-ethyl adjacent to an activating group) is 1. The summed E-state index contributed by atoms with van der Waals surface area (Å²) in [5.74, 6) is -1.63. The van der Waals surface area contributed by atoms with Gasteiger partial charge in [-0.25, -0.2) is 14.1 Å². The molecule has 2 saturated heterocycles. The number of benzene rings is 2. The van der Waals surface area contributed by atoms with Gasteiger partial charge in [0.15, 0.2) is 5.65 Å². The van der Waals surface area contributed by atoms with E-state index in [0.717, 1.165) is 90.2 Å². The van der Waals surface area contributed by atoms with Crippen molar-refractivity contribution in [3.05, 3.63) is 76.9 Å². The van der Waals surface area contributed by atoms with Crippen molar-refractivity contribution in [3.63, 3.8) is 0 Å². The lowest BCUT2D eigenvalue weighted by atomic mass is 9.94. The summed E-state index contributed by atoms with van der Waals surface area (Å²) in [4.78, 5) is 36.7. The Morgan fingerprint density at radius 2 is 1.85 bits per heavy atom. The largest absolute Gasteiger partial charge is 0.381 e. The van der Waals surface area contributed by atoms with E-state index in [1.807, 2.05) is 36.0 Å². The number of piperazine rings is 1. The van der Waals surface area contributed by atoms with Crippen LogP contribution >= 0.6 is 0 Å². The van der Waals surface area contributed by atoms with E-state index in [4.69, 9.17) is 15.5 Å². The zero-order valence-electron chi connectivity index (χ0n) is 30.6. The van der Waals surface area contributed by atoms with Gasteiger partial charge in [-0.2, -0.15) is 5.10 Å². The van der Waals surface area contributed by atoms with Gasteiger partial charge in [-0.1, -0.05) is 31.2 Å². The molecule has 4 N–H and O–H groups in total. The monoisotopic (exact) mass is 710 g/mol. The summed E-state index contributed by atoms with van der Waals surface area (Å²) in [5, 5.41) is 12.3. The number of anilines is 1. The smallest absolute Gasteiger partial charge is 0.236 e. The van der Waals surface area contributed by atoms with E-state index in [0.29, 0.717) is 44.6 Å². The first-order chi connectivity index (χ1) is 25.2. The molecule has 11 nitrogen and oxygen atoms in total. The van der Waals surface area contributed by atoms with Crippen LogP contribution in [0.15, 0.2) is 48.7 Å². The Hall–Kier alpha value is -4.39. The van der Waals surface area contributed by atoms with Gasteiger partial charge in [0, 0.05) is 76.3 Å². The van der Waals surface area contributed by atoms with Gasteiger partial charge >= 0.3 is 0 Å². The quantitative estimate of drug-likeness (QED) is 0.173. The van der Waals surface area contributed by atoms with Crippen LogP contribution in [-0.4, -0.2) is 88.9 Å². The fourth-order valence-corrected chi connectivity index (χ4v) is 7.99. The highest BCUT2D eigenvalue weighted by Crippen LogP contribution is 2.55. The number of aryl methyl sites for hydroxylation is 2. The molecule has 2 aliphatic heterocycles. The molecule has 12 heteroatoms. The van der Waals surface area contributed by atoms with Crippen LogP contribution in [0.1, 0.15) is 55.5 Å². The highest BCUT2D eigenvalue weighted by atomic mass is 19.1. The molecule has 2 atom stereocenters. The highest BCUT2D eigenvalue weighted by Gasteiger charge is 2.64. The minimum Gasteiger partial charge on any atom is -0.381 e. The standard InChI is InChI=1S/C40H51FN8O3/c1-4-35-32(36(45-30-11-17-52-18-12-30)33-24-44-49(5-2)37(33)46-35)21-29-22-40(29,38(42)50)39(51)43-23-26-9-10-34(41)31(20-26)28-8-6-7-27(19-28)25-48-15-13-47(3)14-16-48/h6-10,19-20,24,29-30H,4-5,11-18,21-23,25H2,1-3H3,(H2,42,50)(H,43,51)(H,45,46). The number of halogens is 1. The predicted octanol–water partition coefficient (Wildman–Crippen LogP) is 4.51. The highest BCUT2D eigenvalue weighted by molar-refractivity contribution is 6.08. The Labute approximate surface area is 305 Å². The summed E-state index contributed by atoms with van der Waals surface area (Å²) in [5.41, 5.74) is 11.6. The molecule has 4 aromatic rings. The van der Waals surface area contributed by atoms with E-state index < -0.39 is 17.2 Å². The van der Waals surface area contributed by atoms with Crippen LogP contribution in [0.4, 0.5) is 10.1 Å². The molecular formula is C40H51FN8O3. The molecule has 2 aromatic heterocycles. The lowest BCUT2D eigenvalue weighted by Crippen LogP contribution is -2.43. The summed E-state index contributed by atoms with van der Waals surface area (Å²) < 4.78 is 22.7. The van der Waals surface area contributed by atoms with Crippen LogP contribution in [0.3, 0.4) is 0 Å². The van der Waals surface area contributed by atoms with Crippen molar-refractivity contribution >= 4 is 28.5 Å². The molecule has 7 rings (SSSR count). The van der Waals surface area contributed by atoms with Crippen LogP contribution in [0.25, 0.3) is 22.2 Å². The molecule has 0 radical (unpaired) electrons. The Balaban J connectivity index is 1.08. The van der Waals surface area contributed by atoms with Crippen molar-refractivity contribution in [2.24, 2.45) is 17.1 Å². The number of primary amides is 1. The zero-order chi connectivity index (χ0) is 36.4. The van der Waals surface area contributed by atoms with Crippen LogP contribution in [0.5, 0.6) is 0 Å². The topological polar surface area (TPSA) is 131 Å². The molecule has 52 heavy (non-hydrogen) atoms. The van der Waals surface area contributed by atoms with Crippen LogP contribution < -0.4 is 16.4 Å². The Morgan fingerprint density at radius 3 is 2.58 bits per heavy atom. The van der Waals surface area contributed by atoms with E-state index in [-0.39, 0.29) is 24.3 Å². The van der Waals surface area contributed by atoms with E-state index in [2.05, 4.69) is 45.6 Å². The number of hydrogen-bond donors (Lipinski definition) is 3. The number of aromatic nitrogens is 3. The number of carbonyl (C=O) groups excluding carboxylic acids is 2. The lowest BCUT2D eigenvalue weighted by Gasteiger charge is -2.32. The lowest BCUT2D eigenvalue weighted by molar-refractivity contribution is -0.136. The van der Waals surface area contributed by atoms with Gasteiger partial charge in [-0.15, -0.1) is 0 Å². The van der Waals surface area contributed by atoms with Crippen molar-refractivity contribution in [3.8, 4) is 11.1 Å². The Kier molecular flexibility index (Phi) is 10.6. The molecule has 2 amide bonds. The van der Waals surface area contributed by atoms with Crippen molar-refractivity contribution in [2.45, 2.75) is 71.6 Å². The molecule has 4 heterocycles. The second-order valence-electron chi connectivity index (χ2n) is 14.7. The van der Waals surface area contributed by atoms with E-state index in [9.17, 15) is 9.59 Å². The SMILES string of the molecule is CCc1nc2c(cnn2CC)c(NC2CCOCC2)c1CC1CC1(C(N)=O)C(=O)NCc1ccc(F)c(-c2cccc(CN3CCN(C)CC3)c2)c1. The van der Waals surface area contributed by atoms with E-state index in [1.54, 1.807) is 12.1 Å². The third-order valence-electron chi connectivity index (χ3n) is 11.3. The summed E-state index contributed by atoms with van der Waals surface area (Å²) >= 11 is 0. The summed E-state index contributed by atoms with van der Waals surface area (Å²) in [7, 11) is 2.14. The maximum absolute atomic E-state index is 15.2. The first-order valence-corrected chi connectivity index (χ1v) is 18.8. The van der Waals surface area contributed by atoms with Crippen LogP contribution in [-0.2, 0) is 46.8 Å². The van der Waals surface area contributed by atoms with E-state index >= 15 is 4.39 Å². The van der Waals surface area contributed by atoms with Crippen molar-refractivity contribution in [1.82, 2.24) is 29.9 Å². The van der Waals surface area contributed by atoms with Gasteiger partial charge in [0.2, 0.25) is 11.8 Å². The number of rotatable bonds is 13. The average Bonchev–Trinajstić information content (AvgIpc) is 3.75. The van der Waals surface area contributed by atoms with Gasteiger partial charge in [0.05, 0.1) is 17.3 Å². The molecule has 0 spiro atoms. The minimum atomic E-state index is -1.33. The van der Waals surface area contributed by atoms with Crippen LogP contribution in [0.2, 0.25) is 0 Å². The second kappa shape index (κ2) is 15.3. The van der Waals surface area contributed by atoms with E-state index in [1.165, 1.54) is 6.07 Å². The summed E-state index contributed by atoms with van der Waals surface area (Å²) in [6.07, 6.45) is 5.16. The number of nitrogens with two attached hydrogens (primary N) is 1. The molecule has 1 aliphatic carbocycles. The number of ether oxygens (including phenoxy) is 1. The van der Waals surface area contributed by atoms with Gasteiger partial charge in [-0.05, 0) is 92.4 Å². The summed E-state index contributed by atoms with van der Waals surface area (Å²) in [6.45, 7) is 11.2. The fraction of sp³-hybridized carbons (Fsp3) is 0.500. The second-order valence-corrected chi connectivity index (χ2v) is 14.7. The van der Waals surface area contributed by atoms with Gasteiger partial charge in [-0.3, -0.25) is 14.5 Å². The predicted molar refractivity (Wildman–Crippen MR) is 200 cm³/mol. The first-order valence-electron chi connectivity index (χ1n) is 18.8. The number of hydrogen-bond acceptors (Lipinski definition) is 8. The van der Waals surface area contributed by atoms with Gasteiger partial charge in [0.1, 0.15) is 11.2 Å². The normalized spacial score (nSPS) is 21.3. The number of carbonyl (C=O) groups is 2. The number of amides is 2. The Morgan fingerprint density at radius 1 is 1.06 bits per heavy atom. The van der Waals surface area contributed by atoms with Gasteiger partial charge in [0.25, 0.3) is 0 Å². The van der Waals surface area contributed by atoms with Crippen LogP contribution in [0, 0.1) is 17.2 Å². The molecular weight excluding hydrogens is 659 g/mol. The molecule has 276 valence electrons. The number of fused-ring (bicyclic) bond motifs is 1. The maximum atomic E-state index is 15.2. The van der Waals surface area contributed by atoms with Crippen molar-refractivity contribution in [1.29, 1.82) is 0 Å². The third kappa shape index (κ3) is 7.29. The molecule has 1 saturated carbocycles. The summed E-state index contributed by atoms with van der Waals surface area (Å²) in [6, 6.07) is 13.1. The number of pyridine rings is 1. The zero-order valence-corrected chi connectivity index (χ0v) is 30.6. The average molecular weight is 711 g/mol. The maximum Gasteiger partial charge on any atom is 0.236 e. The molecule has 3 aliphatic rings. The number of nitrogens with zero attached hydrogens (tertiary/aromatic N) is 5. The van der Waals surface area contributed by atoms with Crippen molar-refractivity contribution in [2.75, 3.05) is 51.8 Å². The van der Waals surface area contributed by atoms with Gasteiger partial charge < -0.3 is 26.0 Å². The Bertz CT molecular complexity index is 1930.